The molecule has 6 aliphatic heterocycles. The topological polar surface area (TPSA) is 149 Å². The summed E-state index contributed by atoms with van der Waals surface area (Å²) in [4.78, 5) is 65.3. The van der Waals surface area contributed by atoms with Crippen LogP contribution in [0.3, 0.4) is 0 Å². The molecule has 6 saturated heterocycles. The summed E-state index contributed by atoms with van der Waals surface area (Å²) in [6.07, 6.45) is 10.7. The molecule has 2 amide bonds. The van der Waals surface area contributed by atoms with Crippen molar-refractivity contribution in [2.24, 2.45) is 0 Å². The number of carbonyl (C=O) groups excluding carboxylic acids is 2. The van der Waals surface area contributed by atoms with Gasteiger partial charge in [0, 0.05) is 106 Å². The van der Waals surface area contributed by atoms with E-state index in [1.165, 1.54) is 36.7 Å². The summed E-state index contributed by atoms with van der Waals surface area (Å²) in [5.74, 6) is -2.43. The maximum absolute atomic E-state index is 17.6. The molecule has 0 saturated carbocycles. The number of hydrogen-bond donors (Lipinski definition) is 0. The van der Waals surface area contributed by atoms with Crippen molar-refractivity contribution in [1.82, 2.24) is 49.5 Å². The van der Waals surface area contributed by atoms with Gasteiger partial charge in [-0.15, -0.1) is 0 Å². The van der Waals surface area contributed by atoms with Crippen LogP contribution < -0.4 is 19.3 Å². The number of likely N-dealkylation sites (N-methyl/N-ethyl adjacent to an activating group) is 2. The number of aromatic nitrogens is 6. The summed E-state index contributed by atoms with van der Waals surface area (Å²) < 4.78 is 96.8. The van der Waals surface area contributed by atoms with Gasteiger partial charge >= 0.3 is 12.0 Å². The predicted octanol–water partition coefficient (Wildman–Crippen LogP) is 10.7. The predicted molar refractivity (Wildman–Crippen MR) is 322 cm³/mol. The quantitative estimate of drug-likeness (QED) is 0.0708. The standard InChI is InChI=1S/C66H65F5N12O4/c1-5-51(84)80-26-19-42(34-80)78(3)61-47-32-73-58(56(71)60(47)74-63(76-61)86-36-65-21-10-24-82(65)25-11-22-65)45-16-8-14-39-28-40(29-49(69)54(39)45)50-18-23-66(30-41(67)33-83(50)66)37-87-64-75-59-46(62(77-64)79(4)43-20-27-81(35-43)52(85)6-2)31-72-57(55(59)70)44-15-7-12-38-13-9-17-48(68)53(38)44/h5-9,12-17,28-29,31-32,41-43,50H,1-2,10-11,18-27,30,33-37H2,3-4H3/t41-,42-,43-,50?,66+/m1/s1. The molecular formula is C66H65F5N12O4. The van der Waals surface area contributed by atoms with Crippen LogP contribution in [0.15, 0.2) is 104 Å². The van der Waals surface area contributed by atoms with Gasteiger partial charge in [-0.1, -0.05) is 61.7 Å². The molecule has 448 valence electrons. The van der Waals surface area contributed by atoms with E-state index in [1.54, 1.807) is 65.4 Å². The fourth-order valence-corrected chi connectivity index (χ4v) is 15.2. The average Bonchev–Trinajstić information content (AvgIpc) is 2.36. The Hall–Kier alpha value is -8.43. The minimum Gasteiger partial charge on any atom is -0.461 e. The van der Waals surface area contributed by atoms with Crippen molar-refractivity contribution in [3.05, 3.63) is 133 Å². The van der Waals surface area contributed by atoms with Gasteiger partial charge in [0.1, 0.15) is 65.1 Å². The van der Waals surface area contributed by atoms with Crippen molar-refractivity contribution >= 4 is 66.8 Å². The van der Waals surface area contributed by atoms with Crippen molar-refractivity contribution in [3.8, 4) is 34.5 Å². The number of carbonyl (C=O) groups is 2. The maximum atomic E-state index is 17.6. The number of hydrogen-bond acceptors (Lipinski definition) is 14. The third-order valence-electron chi connectivity index (χ3n) is 19.7. The zero-order valence-corrected chi connectivity index (χ0v) is 48.5. The molecule has 6 fully saturated rings. The molecule has 14 rings (SSSR count). The monoisotopic (exact) mass is 1180 g/mol. The van der Waals surface area contributed by atoms with Crippen molar-refractivity contribution < 1.29 is 41.0 Å². The molecule has 4 aromatic carbocycles. The molecule has 87 heavy (non-hydrogen) atoms. The summed E-state index contributed by atoms with van der Waals surface area (Å²) in [5.41, 5.74) is -0.370. The first-order valence-corrected chi connectivity index (χ1v) is 30.0. The second kappa shape index (κ2) is 22.1. The Balaban J connectivity index is 0.778. The van der Waals surface area contributed by atoms with Gasteiger partial charge in [0.25, 0.3) is 0 Å². The fourth-order valence-electron chi connectivity index (χ4n) is 15.2. The molecule has 1 unspecified atom stereocenters. The van der Waals surface area contributed by atoms with Gasteiger partial charge in [0.05, 0.1) is 21.9 Å². The summed E-state index contributed by atoms with van der Waals surface area (Å²) in [5, 5.41) is 2.00. The average molecular weight is 1190 g/mol. The van der Waals surface area contributed by atoms with Crippen LogP contribution >= 0.6 is 0 Å². The highest BCUT2D eigenvalue weighted by Crippen LogP contribution is 2.51. The van der Waals surface area contributed by atoms with E-state index in [0.29, 0.717) is 91.8 Å². The molecule has 0 N–H and O–H groups in total. The van der Waals surface area contributed by atoms with Gasteiger partial charge in [-0.25, -0.2) is 22.0 Å². The van der Waals surface area contributed by atoms with E-state index in [0.717, 1.165) is 38.8 Å². The van der Waals surface area contributed by atoms with E-state index in [2.05, 4.69) is 33.0 Å². The number of rotatable bonds is 15. The van der Waals surface area contributed by atoms with Crippen LogP contribution in [0.1, 0.15) is 69.4 Å². The van der Waals surface area contributed by atoms with Crippen LogP contribution in [0.5, 0.6) is 12.0 Å². The molecule has 21 heteroatoms. The summed E-state index contributed by atoms with van der Waals surface area (Å²) in [6.45, 7) is 11.3. The Morgan fingerprint density at radius 3 is 1.74 bits per heavy atom. The third-order valence-corrected chi connectivity index (χ3v) is 19.7. The SMILES string of the molecule is C=CC(=O)N1CC[C@@H](N(C)c2nc(OCC34CCCN3CCC4)nc3c(F)c(-c4cccc5cc(C6CC[C@@]7(COc8nc(N(C)[C@@H]9CCN(C(=O)C=C)C9)c9cnc(-c%10cccc%11cccc(F)c%10%11)c(F)c9n8)C[C@@H](F)CN67)cc(F)c45)ncc23)C1. The van der Waals surface area contributed by atoms with E-state index in [-0.39, 0.29) is 111 Å². The Morgan fingerprint density at radius 1 is 0.644 bits per heavy atom. The highest BCUT2D eigenvalue weighted by molar-refractivity contribution is 6.01. The van der Waals surface area contributed by atoms with E-state index >= 15 is 22.0 Å². The smallest absolute Gasteiger partial charge is 0.319 e. The summed E-state index contributed by atoms with van der Waals surface area (Å²) in [7, 11) is 3.66. The lowest BCUT2D eigenvalue weighted by Crippen LogP contribution is -2.44. The number of fused-ring (bicyclic) bond motifs is 6. The van der Waals surface area contributed by atoms with Crippen LogP contribution in [-0.4, -0.2) is 164 Å². The Labute approximate surface area is 499 Å². The molecule has 6 aliphatic rings. The number of alkyl halides is 1. The highest BCUT2D eigenvalue weighted by atomic mass is 19.1. The first kappa shape index (κ1) is 56.4. The largest absolute Gasteiger partial charge is 0.461 e. The number of benzene rings is 4. The van der Waals surface area contributed by atoms with Gasteiger partial charge in [-0.2, -0.15) is 19.9 Å². The zero-order valence-electron chi connectivity index (χ0n) is 48.5. The number of nitrogens with zero attached hydrogens (tertiary/aromatic N) is 12. The minimum absolute atomic E-state index is 0.0174. The van der Waals surface area contributed by atoms with Gasteiger partial charge in [-0.3, -0.25) is 29.4 Å². The first-order chi connectivity index (χ1) is 42.1. The van der Waals surface area contributed by atoms with Crippen LogP contribution in [0, 0.1) is 23.3 Å². The summed E-state index contributed by atoms with van der Waals surface area (Å²) in [6, 6.07) is 17.1. The van der Waals surface area contributed by atoms with Crippen molar-refractivity contribution in [3.63, 3.8) is 0 Å². The Bertz CT molecular complexity index is 4120. The van der Waals surface area contributed by atoms with Gasteiger partial charge in [-0.05, 0) is 111 Å². The van der Waals surface area contributed by atoms with Crippen LogP contribution in [0.2, 0.25) is 0 Å². The van der Waals surface area contributed by atoms with Gasteiger partial charge in [0.15, 0.2) is 11.6 Å². The number of amides is 2. The molecule has 5 atom stereocenters. The van der Waals surface area contributed by atoms with Gasteiger partial charge in [0.2, 0.25) is 11.8 Å². The number of pyridine rings is 2. The number of anilines is 2. The second-order valence-electron chi connectivity index (χ2n) is 24.4. The van der Waals surface area contributed by atoms with Gasteiger partial charge < -0.3 is 29.1 Å². The molecule has 0 bridgehead atoms. The molecule has 8 aromatic rings. The molecule has 0 aliphatic carbocycles. The molecule has 16 nitrogen and oxygen atoms in total. The Morgan fingerprint density at radius 2 is 1.17 bits per heavy atom. The first-order valence-electron chi connectivity index (χ1n) is 30.0. The van der Waals surface area contributed by atoms with E-state index < -0.39 is 41.0 Å². The van der Waals surface area contributed by atoms with E-state index in [4.69, 9.17) is 24.4 Å². The van der Waals surface area contributed by atoms with Crippen LogP contribution in [0.25, 0.3) is 65.9 Å². The van der Waals surface area contributed by atoms with Crippen LogP contribution in [-0.2, 0) is 9.59 Å². The second-order valence-corrected chi connectivity index (χ2v) is 24.4. The fraction of sp³-hybridized carbons (Fsp3) is 0.394. The molecule has 0 radical (unpaired) electrons. The van der Waals surface area contributed by atoms with Crippen molar-refractivity contribution in [1.29, 1.82) is 0 Å². The Kier molecular flexibility index (Phi) is 14.3. The number of likely N-dealkylation sites (tertiary alicyclic amines) is 2. The molecular weight excluding hydrogens is 1120 g/mol. The lowest BCUT2D eigenvalue weighted by Gasteiger charge is -2.34. The lowest BCUT2D eigenvalue weighted by atomic mass is 9.93. The minimum atomic E-state index is -1.26. The molecule has 4 aromatic heterocycles. The molecule has 10 heterocycles. The van der Waals surface area contributed by atoms with Crippen molar-refractivity contribution in [2.75, 3.05) is 82.9 Å². The number of ether oxygens (including phenoxy) is 2. The number of halogens is 5. The van der Waals surface area contributed by atoms with E-state index in [9.17, 15) is 9.59 Å². The lowest BCUT2D eigenvalue weighted by molar-refractivity contribution is -0.125. The van der Waals surface area contributed by atoms with Crippen LogP contribution in [0.4, 0.5) is 33.6 Å². The van der Waals surface area contributed by atoms with Crippen molar-refractivity contribution in [2.45, 2.75) is 93.2 Å². The maximum Gasteiger partial charge on any atom is 0.319 e. The third kappa shape index (κ3) is 9.62. The zero-order chi connectivity index (χ0) is 60.0. The normalized spacial score (nSPS) is 22.7. The molecule has 0 spiro atoms. The highest BCUT2D eigenvalue weighted by Gasteiger charge is 2.54. The van der Waals surface area contributed by atoms with E-state index in [1.807, 2.05) is 27.8 Å². The summed E-state index contributed by atoms with van der Waals surface area (Å²) >= 11 is 0.